The van der Waals surface area contributed by atoms with E-state index in [1.54, 1.807) is 6.92 Å². The summed E-state index contributed by atoms with van der Waals surface area (Å²) in [7, 11) is 2.04. The summed E-state index contributed by atoms with van der Waals surface area (Å²) in [6.45, 7) is 9.93. The Labute approximate surface area is 177 Å². The lowest BCUT2D eigenvalue weighted by Gasteiger charge is -2.62. The number of hydrogen-bond donors (Lipinski definition) is 0. The van der Waals surface area contributed by atoms with Crippen molar-refractivity contribution in [1.82, 2.24) is 9.80 Å². The first-order valence-corrected chi connectivity index (χ1v) is 12.3. The number of amides is 2. The fourth-order valence-corrected chi connectivity index (χ4v) is 8.50. The standard InChI is InChI=1S/C25H42N2O2/c1-6-7-16-27(17(2)28)22-11-9-19-18-8-10-21-24(3,15-13-23(29)26(21)5)20(18)12-14-25(19,22)4/h18-22H,6-16H2,1-5H3/t18-,19-,20+,21?,22?,24+,25-/m0/s1. The largest absolute Gasteiger partial charge is 0.342 e. The number of rotatable bonds is 4. The van der Waals surface area contributed by atoms with Gasteiger partial charge in [0.05, 0.1) is 0 Å². The third kappa shape index (κ3) is 3.15. The van der Waals surface area contributed by atoms with Crippen LogP contribution in [0.3, 0.4) is 0 Å². The predicted molar refractivity (Wildman–Crippen MR) is 116 cm³/mol. The quantitative estimate of drug-likeness (QED) is 0.673. The molecule has 4 heteroatoms. The lowest BCUT2D eigenvalue weighted by Crippen LogP contribution is -2.62. The highest BCUT2D eigenvalue weighted by molar-refractivity contribution is 5.77. The maximum Gasteiger partial charge on any atom is 0.222 e. The molecule has 29 heavy (non-hydrogen) atoms. The summed E-state index contributed by atoms with van der Waals surface area (Å²) in [5.41, 5.74) is 0.563. The first-order chi connectivity index (χ1) is 13.7. The molecule has 4 rings (SSSR count). The molecule has 0 aromatic rings. The van der Waals surface area contributed by atoms with E-state index < -0.39 is 0 Å². The SMILES string of the molecule is CCCCN(C(C)=O)C1CC[C@H]2[C@@H]3CCC4N(C)C(=O)CC[C@]4(C)[C@@H]3CC[C@]12C. The van der Waals surface area contributed by atoms with E-state index in [2.05, 4.69) is 30.6 Å². The summed E-state index contributed by atoms with van der Waals surface area (Å²) in [4.78, 5) is 29.2. The van der Waals surface area contributed by atoms with Crippen molar-refractivity contribution >= 4 is 11.8 Å². The van der Waals surface area contributed by atoms with Gasteiger partial charge in [0, 0.05) is 39.0 Å². The Hall–Kier alpha value is -1.06. The molecule has 0 N–H and O–H groups in total. The van der Waals surface area contributed by atoms with Crippen LogP contribution in [0.15, 0.2) is 0 Å². The van der Waals surface area contributed by atoms with Crippen LogP contribution in [0.2, 0.25) is 0 Å². The van der Waals surface area contributed by atoms with Crippen LogP contribution < -0.4 is 0 Å². The average Bonchev–Trinajstić information content (AvgIpc) is 3.02. The molecule has 0 spiro atoms. The highest BCUT2D eigenvalue weighted by Crippen LogP contribution is 2.65. The molecule has 7 atom stereocenters. The fourth-order valence-electron chi connectivity index (χ4n) is 8.50. The van der Waals surface area contributed by atoms with Crippen LogP contribution in [0.25, 0.3) is 0 Å². The second-order valence-corrected chi connectivity index (χ2v) is 11.2. The van der Waals surface area contributed by atoms with E-state index in [0.717, 1.165) is 50.0 Å². The molecule has 3 saturated carbocycles. The van der Waals surface area contributed by atoms with Crippen molar-refractivity contribution in [2.24, 2.45) is 28.6 Å². The molecular weight excluding hydrogens is 360 g/mol. The van der Waals surface area contributed by atoms with E-state index in [-0.39, 0.29) is 16.7 Å². The second-order valence-electron chi connectivity index (χ2n) is 11.2. The van der Waals surface area contributed by atoms with Crippen LogP contribution >= 0.6 is 0 Å². The molecule has 3 aliphatic carbocycles. The minimum absolute atomic E-state index is 0.274. The first kappa shape index (κ1) is 21.2. The minimum atomic E-state index is 0.274. The Balaban J connectivity index is 1.58. The van der Waals surface area contributed by atoms with Gasteiger partial charge in [-0.3, -0.25) is 9.59 Å². The van der Waals surface area contributed by atoms with Gasteiger partial charge < -0.3 is 9.80 Å². The van der Waals surface area contributed by atoms with Gasteiger partial charge in [0.25, 0.3) is 0 Å². The number of fused-ring (bicyclic) bond motifs is 5. The van der Waals surface area contributed by atoms with Crippen molar-refractivity contribution in [3.05, 3.63) is 0 Å². The van der Waals surface area contributed by atoms with E-state index in [4.69, 9.17) is 0 Å². The van der Waals surface area contributed by atoms with Crippen LogP contribution in [0, 0.1) is 28.6 Å². The number of carbonyl (C=O) groups excluding carboxylic acids is 2. The number of likely N-dealkylation sites (tertiary alicyclic amines) is 1. The number of hydrogen-bond acceptors (Lipinski definition) is 2. The molecule has 1 heterocycles. The number of piperidine rings is 1. The molecule has 4 aliphatic rings. The Kier molecular flexibility index (Phi) is 5.53. The lowest BCUT2D eigenvalue weighted by atomic mass is 9.47. The summed E-state index contributed by atoms with van der Waals surface area (Å²) in [5, 5.41) is 0. The third-order valence-electron chi connectivity index (χ3n) is 10.0. The van der Waals surface area contributed by atoms with Gasteiger partial charge in [-0.15, -0.1) is 0 Å². The normalized spacial score (nSPS) is 44.1. The van der Waals surface area contributed by atoms with Crippen LogP contribution in [-0.2, 0) is 9.59 Å². The minimum Gasteiger partial charge on any atom is -0.342 e. The number of nitrogens with zero attached hydrogens (tertiary/aromatic N) is 2. The van der Waals surface area contributed by atoms with Gasteiger partial charge in [0.1, 0.15) is 0 Å². The van der Waals surface area contributed by atoms with Crippen LogP contribution in [0.4, 0.5) is 0 Å². The molecule has 0 radical (unpaired) electrons. The summed E-state index contributed by atoms with van der Waals surface area (Å²) < 4.78 is 0. The van der Waals surface area contributed by atoms with Crippen molar-refractivity contribution in [3.63, 3.8) is 0 Å². The van der Waals surface area contributed by atoms with E-state index in [9.17, 15) is 9.59 Å². The van der Waals surface area contributed by atoms with E-state index in [1.165, 1.54) is 38.5 Å². The summed E-state index contributed by atoms with van der Waals surface area (Å²) in [6, 6.07) is 0.864. The smallest absolute Gasteiger partial charge is 0.222 e. The van der Waals surface area contributed by atoms with Gasteiger partial charge in [-0.2, -0.15) is 0 Å². The Morgan fingerprint density at radius 1 is 1.07 bits per heavy atom. The van der Waals surface area contributed by atoms with Gasteiger partial charge >= 0.3 is 0 Å². The third-order valence-corrected chi connectivity index (χ3v) is 10.0. The molecule has 0 aromatic carbocycles. The van der Waals surface area contributed by atoms with Gasteiger partial charge in [0.2, 0.25) is 11.8 Å². The van der Waals surface area contributed by atoms with E-state index >= 15 is 0 Å². The van der Waals surface area contributed by atoms with Crippen LogP contribution in [0.5, 0.6) is 0 Å². The predicted octanol–water partition coefficient (Wildman–Crippen LogP) is 4.87. The Morgan fingerprint density at radius 3 is 2.48 bits per heavy atom. The summed E-state index contributed by atoms with van der Waals surface area (Å²) >= 11 is 0. The molecule has 164 valence electrons. The van der Waals surface area contributed by atoms with Gasteiger partial charge in [0.15, 0.2) is 0 Å². The van der Waals surface area contributed by atoms with Crippen molar-refractivity contribution in [2.75, 3.05) is 13.6 Å². The zero-order valence-electron chi connectivity index (χ0n) is 19.4. The second kappa shape index (κ2) is 7.57. The molecule has 2 amide bonds. The van der Waals surface area contributed by atoms with Crippen molar-refractivity contribution < 1.29 is 9.59 Å². The van der Waals surface area contributed by atoms with Gasteiger partial charge in [-0.05, 0) is 80.0 Å². The topological polar surface area (TPSA) is 40.6 Å². The van der Waals surface area contributed by atoms with E-state index in [0.29, 0.717) is 18.0 Å². The van der Waals surface area contributed by atoms with Crippen molar-refractivity contribution in [3.8, 4) is 0 Å². The van der Waals surface area contributed by atoms with Crippen molar-refractivity contribution in [2.45, 2.75) is 104 Å². The zero-order valence-corrected chi connectivity index (χ0v) is 19.4. The monoisotopic (exact) mass is 402 g/mol. The highest BCUT2D eigenvalue weighted by Gasteiger charge is 2.61. The molecule has 0 aromatic heterocycles. The van der Waals surface area contributed by atoms with Gasteiger partial charge in [-0.1, -0.05) is 27.2 Å². The Bertz CT molecular complexity index is 663. The molecule has 2 unspecified atom stereocenters. The number of carbonyl (C=O) groups is 2. The van der Waals surface area contributed by atoms with Crippen LogP contribution in [0.1, 0.15) is 91.9 Å². The number of unbranched alkanes of at least 4 members (excludes halogenated alkanes) is 1. The Morgan fingerprint density at radius 2 is 1.79 bits per heavy atom. The molecule has 4 fully saturated rings. The molecule has 0 bridgehead atoms. The molecule has 1 aliphatic heterocycles. The van der Waals surface area contributed by atoms with Crippen LogP contribution in [-0.4, -0.2) is 47.3 Å². The van der Waals surface area contributed by atoms with E-state index in [1.807, 2.05) is 7.05 Å². The first-order valence-electron chi connectivity index (χ1n) is 12.3. The highest BCUT2D eigenvalue weighted by atomic mass is 16.2. The van der Waals surface area contributed by atoms with Crippen molar-refractivity contribution in [1.29, 1.82) is 0 Å². The lowest BCUT2D eigenvalue weighted by molar-refractivity contribution is -0.159. The maximum atomic E-state index is 12.5. The average molecular weight is 403 g/mol. The zero-order chi connectivity index (χ0) is 21.0. The summed E-state index contributed by atoms with van der Waals surface area (Å²) in [5.74, 6) is 2.89. The molecule has 1 saturated heterocycles. The molecular formula is C25H42N2O2. The van der Waals surface area contributed by atoms with Gasteiger partial charge in [-0.25, -0.2) is 0 Å². The fraction of sp³-hybridized carbons (Fsp3) is 0.920. The maximum absolute atomic E-state index is 12.5. The molecule has 4 nitrogen and oxygen atoms in total. The summed E-state index contributed by atoms with van der Waals surface area (Å²) in [6.07, 6.45) is 11.5.